The van der Waals surface area contributed by atoms with Crippen molar-refractivity contribution < 1.29 is 23.7 Å². The van der Waals surface area contributed by atoms with Crippen LogP contribution in [0.25, 0.3) is 0 Å². The summed E-state index contributed by atoms with van der Waals surface area (Å²) in [5.74, 6) is -0.307. The Hall–Kier alpha value is -4.49. The molecular weight excluding hydrogens is 536 g/mol. The number of benzene rings is 2. The number of anilines is 3. The number of nitrogens with zero attached hydrogens (tertiary/aromatic N) is 4. The number of morpholine rings is 1. The second-order valence-electron chi connectivity index (χ2n) is 9.27. The van der Waals surface area contributed by atoms with Gasteiger partial charge in [0, 0.05) is 62.8 Å². The van der Waals surface area contributed by atoms with Crippen LogP contribution in [0.3, 0.4) is 0 Å². The van der Waals surface area contributed by atoms with Gasteiger partial charge in [-0.3, -0.25) is 25.0 Å². The van der Waals surface area contributed by atoms with E-state index in [2.05, 4.69) is 15.5 Å². The molecule has 1 aromatic heterocycles. The molecule has 2 fully saturated rings. The summed E-state index contributed by atoms with van der Waals surface area (Å²) in [4.78, 5) is 42.4. The summed E-state index contributed by atoms with van der Waals surface area (Å²) in [7, 11) is 0. The summed E-state index contributed by atoms with van der Waals surface area (Å²) in [6.07, 6.45) is 1.49. The molecule has 2 N–H and O–H groups in total. The number of nitro benzene ring substituents is 1. The van der Waals surface area contributed by atoms with Gasteiger partial charge >= 0.3 is 0 Å². The van der Waals surface area contributed by atoms with Crippen molar-refractivity contribution in [2.45, 2.75) is 0 Å². The Bertz CT molecular complexity index is 1380. The van der Waals surface area contributed by atoms with Crippen molar-refractivity contribution in [2.24, 2.45) is 0 Å². The highest BCUT2D eigenvalue weighted by Gasteiger charge is 2.25. The molecule has 208 valence electrons. The number of hydrogen-bond donors (Lipinski definition) is 2. The molecule has 3 heterocycles. The van der Waals surface area contributed by atoms with Crippen LogP contribution in [0.5, 0.6) is 0 Å². The van der Waals surface area contributed by atoms with Gasteiger partial charge in [-0.15, -0.1) is 0 Å². The SMILES string of the molecule is O=C(NC(=S)Nc1ccc(N2CCN(C(=O)c3ccco3)CC2)cc1)c1cc([N+](=O)[O-])ccc1N1CCOCC1. The number of rotatable bonds is 6. The number of thiocarbonyl (C=S) groups is 1. The zero-order valence-electron chi connectivity index (χ0n) is 21.6. The number of piperazine rings is 1. The molecule has 40 heavy (non-hydrogen) atoms. The van der Waals surface area contributed by atoms with E-state index in [0.29, 0.717) is 69.6 Å². The zero-order valence-corrected chi connectivity index (χ0v) is 22.4. The van der Waals surface area contributed by atoms with Gasteiger partial charge in [0.2, 0.25) is 0 Å². The van der Waals surface area contributed by atoms with Crippen LogP contribution in [0.2, 0.25) is 0 Å². The number of carbonyl (C=O) groups excluding carboxylic acids is 2. The molecule has 12 nitrogen and oxygen atoms in total. The lowest BCUT2D eigenvalue weighted by atomic mass is 10.1. The second-order valence-corrected chi connectivity index (χ2v) is 9.68. The van der Waals surface area contributed by atoms with Crippen molar-refractivity contribution in [1.82, 2.24) is 10.2 Å². The van der Waals surface area contributed by atoms with Gasteiger partial charge in [-0.1, -0.05) is 0 Å². The summed E-state index contributed by atoms with van der Waals surface area (Å²) < 4.78 is 10.6. The molecule has 2 saturated heterocycles. The number of amides is 2. The van der Waals surface area contributed by atoms with Crippen LogP contribution in [0.4, 0.5) is 22.7 Å². The van der Waals surface area contributed by atoms with E-state index in [-0.39, 0.29) is 22.3 Å². The molecule has 0 spiro atoms. The minimum absolute atomic E-state index is 0.0715. The molecule has 0 bridgehead atoms. The standard InChI is InChI=1S/C27H28N6O6S/c34-25(22-18-21(33(36)37)7-8-23(22)31-13-16-38-17-14-31)29-27(40)28-19-3-5-20(6-4-19)30-9-11-32(12-10-30)26(35)24-2-1-15-39-24/h1-8,15,18H,9-14,16-17H2,(H2,28,29,34,40). The van der Waals surface area contributed by atoms with E-state index >= 15 is 0 Å². The van der Waals surface area contributed by atoms with E-state index in [9.17, 15) is 19.7 Å². The molecule has 0 saturated carbocycles. The zero-order chi connectivity index (χ0) is 28.1. The van der Waals surface area contributed by atoms with Crippen molar-refractivity contribution in [2.75, 3.05) is 67.6 Å². The number of hydrogen-bond acceptors (Lipinski definition) is 9. The third kappa shape index (κ3) is 6.21. The monoisotopic (exact) mass is 564 g/mol. The molecule has 3 aromatic rings. The lowest BCUT2D eigenvalue weighted by molar-refractivity contribution is -0.384. The molecule has 2 aliphatic rings. The summed E-state index contributed by atoms with van der Waals surface area (Å²) in [6.45, 7) is 4.69. The average molecular weight is 565 g/mol. The predicted octanol–water partition coefficient (Wildman–Crippen LogP) is 3.11. The van der Waals surface area contributed by atoms with Gasteiger partial charge in [0.05, 0.1) is 35.7 Å². The van der Waals surface area contributed by atoms with E-state index in [1.54, 1.807) is 23.1 Å². The van der Waals surface area contributed by atoms with Gasteiger partial charge in [-0.05, 0) is 54.7 Å². The van der Waals surface area contributed by atoms with Crippen molar-refractivity contribution in [3.05, 3.63) is 82.3 Å². The van der Waals surface area contributed by atoms with Crippen molar-refractivity contribution in [1.29, 1.82) is 0 Å². The maximum absolute atomic E-state index is 13.1. The van der Waals surface area contributed by atoms with Gasteiger partial charge < -0.3 is 29.2 Å². The first kappa shape index (κ1) is 27.1. The Labute approximate surface area is 235 Å². The van der Waals surface area contributed by atoms with Crippen LogP contribution >= 0.6 is 12.2 Å². The molecule has 13 heteroatoms. The minimum Gasteiger partial charge on any atom is -0.459 e. The molecule has 0 atom stereocenters. The number of nitrogens with one attached hydrogen (secondary N) is 2. The number of ether oxygens (including phenoxy) is 1. The Morgan fingerprint density at radius 1 is 0.925 bits per heavy atom. The predicted molar refractivity (Wildman–Crippen MR) is 153 cm³/mol. The minimum atomic E-state index is -0.540. The lowest BCUT2D eigenvalue weighted by Crippen LogP contribution is -2.48. The maximum Gasteiger partial charge on any atom is 0.289 e. The highest BCUT2D eigenvalue weighted by Crippen LogP contribution is 2.27. The summed E-state index contributed by atoms with van der Waals surface area (Å²) >= 11 is 5.36. The third-order valence-electron chi connectivity index (χ3n) is 6.80. The van der Waals surface area contributed by atoms with E-state index in [4.69, 9.17) is 21.4 Å². The third-order valence-corrected chi connectivity index (χ3v) is 7.01. The fourth-order valence-corrected chi connectivity index (χ4v) is 4.92. The topological polar surface area (TPSA) is 133 Å². The van der Waals surface area contributed by atoms with E-state index in [1.807, 2.05) is 29.2 Å². The highest BCUT2D eigenvalue weighted by molar-refractivity contribution is 7.80. The lowest BCUT2D eigenvalue weighted by Gasteiger charge is -2.35. The van der Waals surface area contributed by atoms with E-state index in [1.165, 1.54) is 18.4 Å². The number of furan rings is 1. The van der Waals surface area contributed by atoms with Crippen LogP contribution in [0.15, 0.2) is 65.3 Å². The Morgan fingerprint density at radius 3 is 2.30 bits per heavy atom. The molecule has 0 unspecified atom stereocenters. The number of carbonyl (C=O) groups is 2. The maximum atomic E-state index is 13.1. The largest absolute Gasteiger partial charge is 0.459 e. The van der Waals surface area contributed by atoms with Gasteiger partial charge in [0.25, 0.3) is 17.5 Å². The number of nitro groups is 1. The van der Waals surface area contributed by atoms with Crippen LogP contribution < -0.4 is 20.4 Å². The fourth-order valence-electron chi connectivity index (χ4n) is 4.71. The first-order valence-electron chi connectivity index (χ1n) is 12.8. The van der Waals surface area contributed by atoms with Gasteiger partial charge in [-0.2, -0.15) is 0 Å². The number of non-ortho nitro benzene ring substituents is 1. The van der Waals surface area contributed by atoms with Crippen LogP contribution in [-0.4, -0.2) is 79.2 Å². The summed E-state index contributed by atoms with van der Waals surface area (Å²) in [6, 6.07) is 15.2. The molecule has 2 aromatic carbocycles. The van der Waals surface area contributed by atoms with Crippen molar-refractivity contribution in [3.63, 3.8) is 0 Å². The van der Waals surface area contributed by atoms with Crippen LogP contribution in [0, 0.1) is 10.1 Å². The van der Waals surface area contributed by atoms with Gasteiger partial charge in [0.15, 0.2) is 10.9 Å². The normalized spacial score (nSPS) is 15.4. The van der Waals surface area contributed by atoms with Crippen LogP contribution in [0.1, 0.15) is 20.9 Å². The first-order valence-corrected chi connectivity index (χ1v) is 13.2. The van der Waals surface area contributed by atoms with E-state index in [0.717, 1.165) is 5.69 Å². The van der Waals surface area contributed by atoms with Crippen molar-refractivity contribution >= 4 is 51.9 Å². The Morgan fingerprint density at radius 2 is 1.65 bits per heavy atom. The van der Waals surface area contributed by atoms with Gasteiger partial charge in [0.1, 0.15) is 0 Å². The molecule has 0 aliphatic carbocycles. The molecule has 5 rings (SSSR count). The quantitative estimate of drug-likeness (QED) is 0.261. The smallest absolute Gasteiger partial charge is 0.289 e. The highest BCUT2D eigenvalue weighted by atomic mass is 32.1. The van der Waals surface area contributed by atoms with Gasteiger partial charge in [-0.25, -0.2) is 0 Å². The average Bonchev–Trinajstić information content (AvgIpc) is 3.52. The molecular formula is C27H28N6O6S. The van der Waals surface area contributed by atoms with E-state index < -0.39 is 10.8 Å². The Balaban J connectivity index is 1.18. The van der Waals surface area contributed by atoms with Crippen molar-refractivity contribution in [3.8, 4) is 0 Å². The van der Waals surface area contributed by atoms with Crippen LogP contribution in [-0.2, 0) is 4.74 Å². The molecule has 0 radical (unpaired) electrons. The Kier molecular flexibility index (Phi) is 8.22. The first-order chi connectivity index (χ1) is 19.4. The second kappa shape index (κ2) is 12.1. The fraction of sp³-hybridized carbons (Fsp3) is 0.296. The summed E-state index contributed by atoms with van der Waals surface area (Å²) in [5, 5.41) is 17.0. The summed E-state index contributed by atoms with van der Waals surface area (Å²) in [5.41, 5.74) is 2.25. The molecule has 2 aliphatic heterocycles. The molecule has 2 amide bonds.